The van der Waals surface area contributed by atoms with E-state index < -0.39 is 0 Å². The Hall–Kier alpha value is -0.440. The van der Waals surface area contributed by atoms with Gasteiger partial charge in [0.1, 0.15) is 0 Å². The molecule has 0 aliphatic heterocycles. The lowest BCUT2D eigenvalue weighted by atomic mass is 10.2. The Labute approximate surface area is 50.3 Å². The van der Waals surface area contributed by atoms with Crippen molar-refractivity contribution in [2.75, 3.05) is 0 Å². The standard InChI is InChI=1S/C8H10/c1-2-4-7-6-8(7)5-3-1/h7-8H,1-2,4,6H2/t7-,8-/m1/s1. The molecule has 2 aliphatic carbocycles. The first-order chi connectivity index (χ1) is 3.97. The molecule has 2 aliphatic rings. The Balaban J connectivity index is 2.08. The molecule has 0 unspecified atom stereocenters. The Morgan fingerprint density at radius 3 is 3.38 bits per heavy atom. The zero-order valence-electron chi connectivity index (χ0n) is 4.98. The van der Waals surface area contributed by atoms with Crippen molar-refractivity contribution in [3.05, 3.63) is 0 Å². The van der Waals surface area contributed by atoms with E-state index in [0.717, 1.165) is 18.3 Å². The van der Waals surface area contributed by atoms with Gasteiger partial charge >= 0.3 is 0 Å². The van der Waals surface area contributed by atoms with E-state index in [9.17, 15) is 0 Å². The highest BCUT2D eigenvalue weighted by Gasteiger charge is 2.35. The second-order valence-corrected chi connectivity index (χ2v) is 2.82. The van der Waals surface area contributed by atoms with Gasteiger partial charge in [-0.25, -0.2) is 0 Å². The van der Waals surface area contributed by atoms with Gasteiger partial charge in [0, 0.05) is 12.3 Å². The van der Waals surface area contributed by atoms with Crippen LogP contribution in [0.25, 0.3) is 0 Å². The maximum Gasteiger partial charge on any atom is 0.0234 e. The van der Waals surface area contributed by atoms with Crippen LogP contribution in [0, 0.1) is 23.7 Å². The van der Waals surface area contributed by atoms with E-state index in [-0.39, 0.29) is 0 Å². The van der Waals surface area contributed by atoms with Crippen molar-refractivity contribution in [3.63, 3.8) is 0 Å². The highest BCUT2D eigenvalue weighted by molar-refractivity contribution is 5.14. The van der Waals surface area contributed by atoms with Gasteiger partial charge in [-0.3, -0.25) is 0 Å². The molecule has 0 heteroatoms. The Bertz CT molecular complexity index is 147. The molecule has 42 valence electrons. The molecule has 0 radical (unpaired) electrons. The predicted octanol–water partition coefficient (Wildman–Crippen LogP) is 1.81. The summed E-state index contributed by atoms with van der Waals surface area (Å²) in [5.41, 5.74) is 0. The molecule has 0 heterocycles. The lowest BCUT2D eigenvalue weighted by Gasteiger charge is -1.87. The molecule has 0 aromatic rings. The molecule has 0 nitrogen and oxygen atoms in total. The normalized spacial score (nSPS) is 41.0. The SMILES string of the molecule is C1#C[C@@H]2C[C@H]2CCC1. The highest BCUT2D eigenvalue weighted by atomic mass is 14.4. The topological polar surface area (TPSA) is 0 Å². The van der Waals surface area contributed by atoms with Crippen LogP contribution in [0.1, 0.15) is 25.7 Å². The minimum absolute atomic E-state index is 0.831. The van der Waals surface area contributed by atoms with Gasteiger partial charge in [0.05, 0.1) is 0 Å². The zero-order chi connectivity index (χ0) is 5.40. The molecular weight excluding hydrogens is 96.1 g/mol. The molecule has 8 heavy (non-hydrogen) atoms. The molecule has 1 fully saturated rings. The van der Waals surface area contributed by atoms with E-state index >= 15 is 0 Å². The first-order valence-corrected chi connectivity index (χ1v) is 3.45. The number of rotatable bonds is 0. The van der Waals surface area contributed by atoms with Crippen LogP contribution >= 0.6 is 0 Å². The molecular formula is C8H10. The van der Waals surface area contributed by atoms with Crippen molar-refractivity contribution < 1.29 is 0 Å². The van der Waals surface area contributed by atoms with E-state index in [0.29, 0.717) is 0 Å². The quantitative estimate of drug-likeness (QED) is 0.413. The van der Waals surface area contributed by atoms with Crippen molar-refractivity contribution in [3.8, 4) is 11.8 Å². The molecule has 2 rings (SSSR count). The van der Waals surface area contributed by atoms with Crippen molar-refractivity contribution in [1.29, 1.82) is 0 Å². The third-order valence-corrected chi connectivity index (χ3v) is 2.09. The predicted molar refractivity (Wildman–Crippen MR) is 33.2 cm³/mol. The Morgan fingerprint density at radius 1 is 1.38 bits per heavy atom. The Kier molecular flexibility index (Phi) is 0.842. The zero-order valence-corrected chi connectivity index (χ0v) is 4.98. The van der Waals surface area contributed by atoms with Crippen molar-refractivity contribution in [1.82, 2.24) is 0 Å². The molecule has 0 aromatic heterocycles. The van der Waals surface area contributed by atoms with E-state index in [1.807, 2.05) is 0 Å². The largest absolute Gasteiger partial charge is 0.103 e. The smallest absolute Gasteiger partial charge is 0.0234 e. The minimum Gasteiger partial charge on any atom is -0.103 e. The van der Waals surface area contributed by atoms with Gasteiger partial charge in [-0.2, -0.15) is 0 Å². The molecule has 2 atom stereocenters. The van der Waals surface area contributed by atoms with Crippen molar-refractivity contribution >= 4 is 0 Å². The third kappa shape index (κ3) is 0.629. The first kappa shape index (κ1) is 4.44. The first-order valence-electron chi connectivity index (χ1n) is 3.45. The molecule has 0 amide bonds. The maximum absolute atomic E-state index is 3.27. The van der Waals surface area contributed by atoms with E-state index in [1.54, 1.807) is 0 Å². The summed E-state index contributed by atoms with van der Waals surface area (Å²) in [7, 11) is 0. The van der Waals surface area contributed by atoms with Gasteiger partial charge in [0.25, 0.3) is 0 Å². The average molecular weight is 106 g/mol. The summed E-state index contributed by atoms with van der Waals surface area (Å²) >= 11 is 0. The maximum atomic E-state index is 3.27. The fourth-order valence-electron chi connectivity index (χ4n) is 1.40. The molecule has 1 saturated carbocycles. The average Bonchev–Trinajstić information content (AvgIpc) is 2.36. The van der Waals surface area contributed by atoms with Gasteiger partial charge in [-0.1, -0.05) is 5.92 Å². The fraction of sp³-hybridized carbons (Fsp3) is 0.750. The summed E-state index contributed by atoms with van der Waals surface area (Å²) in [6, 6.07) is 0. The molecule has 0 bridgehead atoms. The number of hydrogen-bond acceptors (Lipinski definition) is 0. The van der Waals surface area contributed by atoms with E-state index in [2.05, 4.69) is 11.8 Å². The summed E-state index contributed by atoms with van der Waals surface area (Å²) < 4.78 is 0. The van der Waals surface area contributed by atoms with Gasteiger partial charge < -0.3 is 0 Å². The van der Waals surface area contributed by atoms with Gasteiger partial charge in [0.15, 0.2) is 0 Å². The van der Waals surface area contributed by atoms with E-state index in [4.69, 9.17) is 0 Å². The van der Waals surface area contributed by atoms with E-state index in [1.165, 1.54) is 19.3 Å². The number of hydrogen-bond donors (Lipinski definition) is 0. The fourth-order valence-corrected chi connectivity index (χ4v) is 1.40. The van der Waals surface area contributed by atoms with Crippen LogP contribution in [0.5, 0.6) is 0 Å². The van der Waals surface area contributed by atoms with Crippen molar-refractivity contribution in [2.45, 2.75) is 25.7 Å². The third-order valence-electron chi connectivity index (χ3n) is 2.09. The summed E-state index contributed by atoms with van der Waals surface area (Å²) in [6.07, 6.45) is 5.36. The number of fused-ring (bicyclic) bond motifs is 1. The van der Waals surface area contributed by atoms with Crippen LogP contribution < -0.4 is 0 Å². The minimum atomic E-state index is 0.831. The second-order valence-electron chi connectivity index (χ2n) is 2.82. The summed E-state index contributed by atoms with van der Waals surface area (Å²) in [4.78, 5) is 0. The van der Waals surface area contributed by atoms with Gasteiger partial charge in [-0.15, -0.1) is 5.92 Å². The van der Waals surface area contributed by atoms with Gasteiger partial charge in [-0.05, 0) is 25.2 Å². The Morgan fingerprint density at radius 2 is 2.38 bits per heavy atom. The molecule has 0 saturated heterocycles. The summed E-state index contributed by atoms with van der Waals surface area (Å²) in [6.45, 7) is 0. The molecule has 0 aromatic carbocycles. The molecule has 0 spiro atoms. The molecule has 0 N–H and O–H groups in total. The van der Waals surface area contributed by atoms with Crippen LogP contribution in [-0.2, 0) is 0 Å². The highest BCUT2D eigenvalue weighted by Crippen LogP contribution is 2.42. The van der Waals surface area contributed by atoms with Crippen LogP contribution in [-0.4, -0.2) is 0 Å². The van der Waals surface area contributed by atoms with Crippen LogP contribution in [0.4, 0.5) is 0 Å². The van der Waals surface area contributed by atoms with Crippen molar-refractivity contribution in [2.24, 2.45) is 11.8 Å². The van der Waals surface area contributed by atoms with Crippen LogP contribution in [0.3, 0.4) is 0 Å². The monoisotopic (exact) mass is 106 g/mol. The summed E-state index contributed by atoms with van der Waals surface area (Å²) in [5, 5.41) is 0. The van der Waals surface area contributed by atoms with Gasteiger partial charge in [0.2, 0.25) is 0 Å². The summed E-state index contributed by atoms with van der Waals surface area (Å²) in [5.74, 6) is 8.31. The lowest BCUT2D eigenvalue weighted by molar-refractivity contribution is 0.670. The lowest BCUT2D eigenvalue weighted by Crippen LogP contribution is -1.75. The second kappa shape index (κ2) is 1.52. The van der Waals surface area contributed by atoms with Crippen LogP contribution in [0.15, 0.2) is 0 Å². The van der Waals surface area contributed by atoms with Crippen LogP contribution in [0.2, 0.25) is 0 Å².